The van der Waals surface area contributed by atoms with Crippen LogP contribution in [0.25, 0.3) is 10.4 Å². The highest BCUT2D eigenvalue weighted by Crippen LogP contribution is 2.44. The van der Waals surface area contributed by atoms with Crippen LogP contribution in [-0.4, -0.2) is 49.3 Å². The summed E-state index contributed by atoms with van der Waals surface area (Å²) >= 11 is 0. The molecule has 0 radical (unpaired) electrons. The molecule has 2 atom stereocenters. The molecule has 10 nitrogen and oxygen atoms in total. The topological polar surface area (TPSA) is 138 Å². The minimum Gasteiger partial charge on any atom is -0.497 e. The van der Waals surface area contributed by atoms with Crippen molar-refractivity contribution in [1.29, 1.82) is 0 Å². The van der Waals surface area contributed by atoms with Crippen LogP contribution in [0.1, 0.15) is 46.3 Å². The maximum atomic E-state index is 15.1. The van der Waals surface area contributed by atoms with Crippen LogP contribution >= 0.6 is 0 Å². The number of methoxy groups -OCH3 is 1. The fraction of sp³-hybridized carbons (Fsp3) is 0.220. The minimum absolute atomic E-state index is 0.0405. The molecule has 2 N–H and O–H groups in total. The second kappa shape index (κ2) is 16.5. The van der Waals surface area contributed by atoms with E-state index in [1.165, 1.54) is 0 Å². The van der Waals surface area contributed by atoms with Gasteiger partial charge < -0.3 is 24.6 Å². The van der Waals surface area contributed by atoms with Crippen LogP contribution in [-0.2, 0) is 16.0 Å². The Bertz CT molecular complexity index is 1960. The van der Waals surface area contributed by atoms with Gasteiger partial charge in [-0.3, -0.25) is 4.79 Å². The zero-order valence-electron chi connectivity index (χ0n) is 28.3. The van der Waals surface area contributed by atoms with Crippen LogP contribution in [0.2, 0.25) is 0 Å². The summed E-state index contributed by atoms with van der Waals surface area (Å²) in [4.78, 5) is 23.3. The van der Waals surface area contributed by atoms with Crippen LogP contribution in [0.4, 0.5) is 5.69 Å². The van der Waals surface area contributed by atoms with E-state index in [1.54, 1.807) is 31.4 Å². The Labute approximate surface area is 297 Å². The fourth-order valence-electron chi connectivity index (χ4n) is 6.33. The molecule has 1 aliphatic rings. The van der Waals surface area contributed by atoms with Gasteiger partial charge in [0.05, 0.1) is 13.7 Å². The monoisotopic (exact) mass is 681 g/mol. The molecule has 0 saturated heterocycles. The molecule has 0 unspecified atom stereocenters. The average Bonchev–Trinajstić information content (AvgIpc) is 3.57. The average molecular weight is 682 g/mol. The van der Waals surface area contributed by atoms with Crippen molar-refractivity contribution >= 4 is 17.5 Å². The number of benzene rings is 5. The van der Waals surface area contributed by atoms with E-state index in [2.05, 4.69) is 39.6 Å². The predicted molar refractivity (Wildman–Crippen MR) is 196 cm³/mol. The summed E-state index contributed by atoms with van der Waals surface area (Å²) in [5.74, 6) is 1.04. The van der Waals surface area contributed by atoms with Gasteiger partial charge in [-0.25, -0.2) is 4.99 Å². The van der Waals surface area contributed by atoms with Gasteiger partial charge in [-0.05, 0) is 64.2 Å². The van der Waals surface area contributed by atoms with Crippen molar-refractivity contribution in [3.05, 3.63) is 172 Å². The Morgan fingerprint density at radius 3 is 2.27 bits per heavy atom. The number of rotatable bonds is 15. The first-order chi connectivity index (χ1) is 25.0. The summed E-state index contributed by atoms with van der Waals surface area (Å²) in [5.41, 5.74) is 12.4. The highest BCUT2D eigenvalue weighted by atomic mass is 16.5. The smallest absolute Gasteiger partial charge is 0.252 e. The van der Waals surface area contributed by atoms with Gasteiger partial charge in [-0.15, -0.1) is 0 Å². The van der Waals surface area contributed by atoms with Crippen LogP contribution in [0.15, 0.2) is 144 Å². The summed E-state index contributed by atoms with van der Waals surface area (Å²) in [5, 5.41) is 16.4. The zero-order valence-corrected chi connectivity index (χ0v) is 28.3. The number of amides is 1. The van der Waals surface area contributed by atoms with Crippen LogP contribution in [0.5, 0.6) is 11.5 Å². The lowest BCUT2D eigenvalue weighted by Gasteiger charge is -2.32. The molecule has 1 heterocycles. The second-order valence-corrected chi connectivity index (χ2v) is 12.1. The number of hydrogen-bond acceptors (Lipinski definition) is 7. The summed E-state index contributed by atoms with van der Waals surface area (Å²) in [7, 11) is 1.59. The molecule has 5 aromatic carbocycles. The third kappa shape index (κ3) is 8.05. The Balaban J connectivity index is 1.45. The summed E-state index contributed by atoms with van der Waals surface area (Å²) in [6.07, 6.45) is -0.290. The number of aliphatic hydroxyl groups is 1. The van der Waals surface area contributed by atoms with Gasteiger partial charge in [0.25, 0.3) is 5.91 Å². The Morgan fingerprint density at radius 1 is 0.922 bits per heavy atom. The van der Waals surface area contributed by atoms with Crippen LogP contribution in [0, 0.1) is 0 Å². The SMILES string of the molecule is COc1cccc([C@H]2OC(c3ccc(OCCCO)cc3)=N[C@@]2(Cc2ccccc2N=[N+]=[N-])C(=O)NCC(c2ccccc2)c2ccccc2)c1. The number of carbonyl (C=O) groups is 1. The van der Waals surface area contributed by atoms with Crippen molar-refractivity contribution in [2.75, 3.05) is 26.9 Å². The molecule has 1 aliphatic heterocycles. The first kappa shape index (κ1) is 34.8. The Kier molecular flexibility index (Phi) is 11.3. The largest absolute Gasteiger partial charge is 0.497 e. The highest BCUT2D eigenvalue weighted by molar-refractivity contribution is 6.01. The maximum absolute atomic E-state index is 15.1. The van der Waals surface area contributed by atoms with E-state index in [9.17, 15) is 5.53 Å². The van der Waals surface area contributed by atoms with Gasteiger partial charge in [0.2, 0.25) is 5.90 Å². The van der Waals surface area contributed by atoms with E-state index in [0.29, 0.717) is 53.4 Å². The van der Waals surface area contributed by atoms with Gasteiger partial charge in [0, 0.05) is 48.1 Å². The molecule has 258 valence electrons. The summed E-state index contributed by atoms with van der Waals surface area (Å²) in [6, 6.07) is 42.0. The molecular formula is C41H39N5O5. The number of nitrogens with zero attached hydrogens (tertiary/aromatic N) is 4. The molecule has 0 bridgehead atoms. The van der Waals surface area contributed by atoms with Gasteiger partial charge >= 0.3 is 0 Å². The quantitative estimate of drug-likeness (QED) is 0.0502. The van der Waals surface area contributed by atoms with Crippen molar-refractivity contribution in [2.24, 2.45) is 10.1 Å². The number of azide groups is 1. The Hall–Kier alpha value is -6.09. The number of hydrogen-bond donors (Lipinski definition) is 2. The molecule has 0 aromatic heterocycles. The normalized spacial score (nSPS) is 16.5. The van der Waals surface area contributed by atoms with Gasteiger partial charge in [0.15, 0.2) is 11.6 Å². The summed E-state index contributed by atoms with van der Waals surface area (Å²) in [6.45, 7) is 0.715. The lowest BCUT2D eigenvalue weighted by Crippen LogP contribution is -2.50. The molecule has 0 fully saturated rings. The molecule has 0 spiro atoms. The first-order valence-corrected chi connectivity index (χ1v) is 16.8. The Morgan fingerprint density at radius 2 is 1.61 bits per heavy atom. The van der Waals surface area contributed by atoms with Gasteiger partial charge in [-0.1, -0.05) is 102 Å². The summed E-state index contributed by atoms with van der Waals surface area (Å²) < 4.78 is 18.0. The molecule has 1 amide bonds. The predicted octanol–water partition coefficient (Wildman–Crippen LogP) is 7.85. The molecule has 6 rings (SSSR count). The minimum atomic E-state index is -1.53. The van der Waals surface area contributed by atoms with Crippen molar-refractivity contribution in [2.45, 2.75) is 30.4 Å². The fourth-order valence-corrected chi connectivity index (χ4v) is 6.33. The molecule has 10 heteroatoms. The van der Waals surface area contributed by atoms with Crippen molar-refractivity contribution < 1.29 is 24.1 Å². The van der Waals surface area contributed by atoms with E-state index in [4.69, 9.17) is 24.3 Å². The lowest BCUT2D eigenvalue weighted by molar-refractivity contribution is -0.129. The van der Waals surface area contributed by atoms with Crippen molar-refractivity contribution in [3.8, 4) is 11.5 Å². The van der Waals surface area contributed by atoms with Crippen LogP contribution < -0.4 is 14.8 Å². The van der Waals surface area contributed by atoms with E-state index >= 15 is 4.79 Å². The van der Waals surface area contributed by atoms with E-state index in [-0.39, 0.29) is 30.8 Å². The number of ether oxygens (including phenoxy) is 3. The lowest BCUT2D eigenvalue weighted by atomic mass is 9.81. The number of aliphatic hydroxyl groups excluding tert-OH is 1. The molecule has 0 saturated carbocycles. The van der Waals surface area contributed by atoms with Crippen molar-refractivity contribution in [3.63, 3.8) is 0 Å². The molecule has 51 heavy (non-hydrogen) atoms. The van der Waals surface area contributed by atoms with E-state index in [0.717, 1.165) is 11.1 Å². The molecule has 0 aliphatic carbocycles. The third-order valence-electron chi connectivity index (χ3n) is 8.90. The second-order valence-electron chi connectivity index (χ2n) is 12.1. The highest BCUT2D eigenvalue weighted by Gasteiger charge is 2.53. The van der Waals surface area contributed by atoms with E-state index in [1.807, 2.05) is 84.9 Å². The van der Waals surface area contributed by atoms with Gasteiger partial charge in [0.1, 0.15) is 11.5 Å². The maximum Gasteiger partial charge on any atom is 0.252 e. The first-order valence-electron chi connectivity index (χ1n) is 16.8. The van der Waals surface area contributed by atoms with Crippen molar-refractivity contribution in [1.82, 2.24) is 5.32 Å². The number of aliphatic imine (C=N–C) groups is 1. The third-order valence-corrected chi connectivity index (χ3v) is 8.90. The zero-order chi connectivity index (χ0) is 35.5. The number of nitrogens with one attached hydrogen (secondary N) is 1. The standard InChI is InChI=1S/C41H39N5O5/c1-49-35-18-10-17-32(26-35)38-41(27-33-16-8-9-19-37(33)45-46-42,44-39(51-38)31-20-22-34(23-21-31)50-25-11-24-47)40(48)43-28-36(29-12-4-2-5-13-29)30-14-6-3-7-15-30/h2-10,12-23,26,36,38,47H,11,24-25,27-28H2,1H3,(H,43,48)/t38-,41-/m1/s1. The van der Waals surface area contributed by atoms with E-state index < -0.39 is 11.6 Å². The molecule has 5 aromatic rings. The van der Waals surface area contributed by atoms with Gasteiger partial charge in [-0.2, -0.15) is 0 Å². The van der Waals surface area contributed by atoms with Crippen LogP contribution in [0.3, 0.4) is 0 Å². The number of carbonyl (C=O) groups excluding carboxylic acids is 1. The molecular weight excluding hydrogens is 642 g/mol.